The highest BCUT2D eigenvalue weighted by Gasteiger charge is 2.25. The highest BCUT2D eigenvalue weighted by molar-refractivity contribution is 5.56. The molecule has 0 spiro atoms. The summed E-state index contributed by atoms with van der Waals surface area (Å²) in [6, 6.07) is 19.0. The van der Waals surface area contributed by atoms with Crippen molar-refractivity contribution in [2.45, 2.75) is 32.2 Å². The minimum Gasteiger partial charge on any atom is -0.379 e. The predicted octanol–water partition coefficient (Wildman–Crippen LogP) is 4.27. The van der Waals surface area contributed by atoms with Gasteiger partial charge in [0.05, 0.1) is 13.2 Å². The van der Waals surface area contributed by atoms with Crippen LogP contribution >= 0.6 is 0 Å². The smallest absolute Gasteiger partial charge is 0.180 e. The van der Waals surface area contributed by atoms with E-state index in [-0.39, 0.29) is 0 Å². The molecule has 4 aromatic rings. The van der Waals surface area contributed by atoms with E-state index < -0.39 is 0 Å². The average Bonchev–Trinajstić information content (AvgIpc) is 2.99. The number of rotatable bonds is 7. The Morgan fingerprint density at radius 3 is 2.33 bits per heavy atom. The lowest BCUT2D eigenvalue weighted by molar-refractivity contribution is 0.0115. The molecule has 0 atom stereocenters. The fourth-order valence-corrected chi connectivity index (χ4v) is 5.34. The zero-order valence-corrected chi connectivity index (χ0v) is 22.3. The topological polar surface area (TPSA) is 92.2 Å². The number of aromatic nitrogens is 5. The van der Waals surface area contributed by atoms with Crippen molar-refractivity contribution in [2.75, 3.05) is 49.6 Å². The fraction of sp³-hybridized carbons (Fsp3) is 0.367. The van der Waals surface area contributed by atoms with Gasteiger partial charge in [0.15, 0.2) is 5.82 Å². The van der Waals surface area contributed by atoms with E-state index in [2.05, 4.69) is 59.3 Å². The number of hydrogen-bond acceptors (Lipinski definition) is 9. The molecule has 200 valence electrons. The van der Waals surface area contributed by atoms with Gasteiger partial charge < -0.3 is 15.0 Å². The number of benzene rings is 1. The molecule has 3 aromatic heterocycles. The Labute approximate surface area is 229 Å². The van der Waals surface area contributed by atoms with Crippen LogP contribution in [0.5, 0.6) is 0 Å². The van der Waals surface area contributed by atoms with Crippen molar-refractivity contribution in [1.82, 2.24) is 29.8 Å². The van der Waals surface area contributed by atoms with Gasteiger partial charge in [0.1, 0.15) is 23.2 Å². The molecule has 0 saturated carbocycles. The number of nitrogens with zero attached hydrogens (tertiary/aromatic N) is 7. The molecule has 0 amide bonds. The highest BCUT2D eigenvalue weighted by Crippen LogP contribution is 2.24. The van der Waals surface area contributed by atoms with Gasteiger partial charge in [-0.15, -0.1) is 0 Å². The van der Waals surface area contributed by atoms with Crippen molar-refractivity contribution in [3.63, 3.8) is 0 Å². The first-order chi connectivity index (χ1) is 19.2. The first kappa shape index (κ1) is 25.3. The number of nitrogens with one attached hydrogen (secondary N) is 1. The minimum atomic E-state index is 0.573. The number of ether oxygens (including phenoxy) is 1. The molecule has 1 aromatic carbocycles. The van der Waals surface area contributed by atoms with E-state index in [9.17, 15) is 0 Å². The number of hydrogen-bond donors (Lipinski definition) is 1. The second kappa shape index (κ2) is 11.8. The van der Waals surface area contributed by atoms with Crippen molar-refractivity contribution in [1.29, 1.82) is 0 Å². The lowest BCUT2D eigenvalue weighted by atomic mass is 10.0. The molecule has 9 nitrogen and oxygen atoms in total. The molecule has 2 aliphatic heterocycles. The third kappa shape index (κ3) is 6.38. The van der Waals surface area contributed by atoms with Crippen LogP contribution in [-0.4, -0.2) is 75.3 Å². The van der Waals surface area contributed by atoms with E-state index in [0.29, 0.717) is 29.9 Å². The molecule has 0 radical (unpaired) electrons. The standard InChI is InChI=1S/C30H34N8O/c1-22-3-2-4-26(33-22)30-32-14-10-28(36-30)34-27-9-13-31-29(35-27)21-23-5-7-24(8-6-23)37-15-11-25(12-16-37)38-17-19-39-20-18-38/h2-10,13-14,25H,11-12,15-21H2,1H3,(H,31,32,34,35,36). The Bertz CT molecular complexity index is 1380. The molecule has 5 heterocycles. The maximum absolute atomic E-state index is 5.52. The van der Waals surface area contributed by atoms with Gasteiger partial charge in [-0.05, 0) is 61.7 Å². The molecule has 0 bridgehead atoms. The van der Waals surface area contributed by atoms with E-state index in [4.69, 9.17) is 9.72 Å². The summed E-state index contributed by atoms with van der Waals surface area (Å²) in [4.78, 5) is 27.9. The normalized spacial score (nSPS) is 16.8. The van der Waals surface area contributed by atoms with Crippen LogP contribution < -0.4 is 10.2 Å². The number of morpholine rings is 1. The molecule has 9 heteroatoms. The van der Waals surface area contributed by atoms with Gasteiger partial charge in [-0.1, -0.05) is 18.2 Å². The summed E-state index contributed by atoms with van der Waals surface area (Å²) in [6.45, 7) is 8.05. The summed E-state index contributed by atoms with van der Waals surface area (Å²) in [6.07, 6.45) is 6.60. The number of aryl methyl sites for hydroxylation is 1. The lowest BCUT2D eigenvalue weighted by Crippen LogP contribution is -2.49. The van der Waals surface area contributed by atoms with Crippen LogP contribution in [0.1, 0.15) is 29.9 Å². The largest absolute Gasteiger partial charge is 0.379 e. The third-order valence-electron chi connectivity index (χ3n) is 7.42. The Kier molecular flexibility index (Phi) is 7.69. The van der Waals surface area contributed by atoms with Gasteiger partial charge in [0.2, 0.25) is 0 Å². The van der Waals surface area contributed by atoms with E-state index in [1.807, 2.05) is 37.3 Å². The third-order valence-corrected chi connectivity index (χ3v) is 7.42. The summed E-state index contributed by atoms with van der Waals surface area (Å²) in [5.74, 6) is 2.69. The maximum atomic E-state index is 5.52. The Morgan fingerprint density at radius 2 is 1.56 bits per heavy atom. The Hall–Kier alpha value is -3.95. The molecular formula is C30H34N8O. The van der Waals surface area contributed by atoms with Crippen LogP contribution in [-0.2, 0) is 11.2 Å². The first-order valence-electron chi connectivity index (χ1n) is 13.7. The average molecular weight is 523 g/mol. The lowest BCUT2D eigenvalue weighted by Gasteiger charge is -2.40. The molecule has 2 fully saturated rings. The number of piperidine rings is 1. The van der Waals surface area contributed by atoms with Crippen molar-refractivity contribution >= 4 is 17.3 Å². The van der Waals surface area contributed by atoms with Gasteiger partial charge in [-0.3, -0.25) is 4.90 Å². The van der Waals surface area contributed by atoms with Gasteiger partial charge in [-0.2, -0.15) is 0 Å². The van der Waals surface area contributed by atoms with E-state index >= 15 is 0 Å². The fourth-order valence-electron chi connectivity index (χ4n) is 5.34. The van der Waals surface area contributed by atoms with Gasteiger partial charge in [0.25, 0.3) is 0 Å². The molecule has 0 aliphatic carbocycles. The van der Waals surface area contributed by atoms with Gasteiger partial charge >= 0.3 is 0 Å². The summed E-state index contributed by atoms with van der Waals surface area (Å²) >= 11 is 0. The molecule has 39 heavy (non-hydrogen) atoms. The van der Waals surface area contributed by atoms with Crippen molar-refractivity contribution in [2.24, 2.45) is 0 Å². The minimum absolute atomic E-state index is 0.573. The van der Waals surface area contributed by atoms with Crippen molar-refractivity contribution in [3.8, 4) is 11.5 Å². The maximum Gasteiger partial charge on any atom is 0.180 e. The molecular weight excluding hydrogens is 488 g/mol. The van der Waals surface area contributed by atoms with Crippen LogP contribution in [0.25, 0.3) is 11.5 Å². The van der Waals surface area contributed by atoms with E-state index in [0.717, 1.165) is 56.6 Å². The van der Waals surface area contributed by atoms with Gasteiger partial charge in [0, 0.05) is 62.4 Å². The molecule has 1 N–H and O–H groups in total. The van der Waals surface area contributed by atoms with Gasteiger partial charge in [-0.25, -0.2) is 24.9 Å². The number of anilines is 3. The second-order valence-corrected chi connectivity index (χ2v) is 10.1. The SMILES string of the molecule is Cc1cccc(-c2nccc(Nc3ccnc(Cc4ccc(N5CCC(N6CCOCC6)CC5)cc4)n3)n2)n1. The van der Waals surface area contributed by atoms with Crippen LogP contribution in [0.2, 0.25) is 0 Å². The Morgan fingerprint density at radius 1 is 0.821 bits per heavy atom. The predicted molar refractivity (Wildman–Crippen MR) is 152 cm³/mol. The van der Waals surface area contributed by atoms with E-state index in [1.54, 1.807) is 12.4 Å². The summed E-state index contributed by atoms with van der Waals surface area (Å²) in [7, 11) is 0. The zero-order valence-electron chi connectivity index (χ0n) is 22.3. The molecule has 2 saturated heterocycles. The summed E-state index contributed by atoms with van der Waals surface area (Å²) in [5, 5.41) is 3.29. The van der Waals surface area contributed by atoms with Crippen LogP contribution in [0.3, 0.4) is 0 Å². The monoisotopic (exact) mass is 522 g/mol. The van der Waals surface area contributed by atoms with Crippen LogP contribution in [0.15, 0.2) is 67.0 Å². The summed E-state index contributed by atoms with van der Waals surface area (Å²) < 4.78 is 5.52. The summed E-state index contributed by atoms with van der Waals surface area (Å²) in [5.41, 5.74) is 4.15. The first-order valence-corrected chi connectivity index (χ1v) is 13.7. The zero-order chi connectivity index (χ0) is 26.4. The highest BCUT2D eigenvalue weighted by atomic mass is 16.5. The number of pyridine rings is 1. The van der Waals surface area contributed by atoms with Crippen LogP contribution in [0.4, 0.5) is 17.3 Å². The quantitative estimate of drug-likeness (QED) is 0.382. The molecule has 2 aliphatic rings. The molecule has 0 unspecified atom stereocenters. The van der Waals surface area contributed by atoms with Crippen molar-refractivity contribution < 1.29 is 4.74 Å². The molecule has 6 rings (SSSR count). The van der Waals surface area contributed by atoms with E-state index in [1.165, 1.54) is 24.1 Å². The van der Waals surface area contributed by atoms with Crippen molar-refractivity contribution in [3.05, 3.63) is 84.1 Å². The van der Waals surface area contributed by atoms with Crippen LogP contribution in [0, 0.1) is 6.92 Å². The Balaban J connectivity index is 1.06. The second-order valence-electron chi connectivity index (χ2n) is 10.1.